The van der Waals surface area contributed by atoms with Gasteiger partial charge in [0, 0.05) is 23.8 Å². The number of aliphatic hydroxyl groups is 4. The van der Waals surface area contributed by atoms with Crippen LogP contribution in [-0.2, 0) is 14.3 Å². The molecule has 2 heterocycles. The summed E-state index contributed by atoms with van der Waals surface area (Å²) >= 11 is 0. The van der Waals surface area contributed by atoms with Gasteiger partial charge in [0.1, 0.15) is 52.6 Å². The molecule has 7 N–H and O–H groups in total. The fourth-order valence-corrected chi connectivity index (χ4v) is 3.76. The lowest BCUT2D eigenvalue weighted by Gasteiger charge is -2.40. The molecular weight excluding hydrogens is 496 g/mol. The standard InChI is InChI=1S/C24H24O13/c1-9(34-24-22(32)21(31)20(30)18(8-25)37-24)23(33)35-11-5-14(28)19-15(29)7-16(36-17(19)6-11)10-2-3-12(26)13(27)4-10/h2-7,9,18,20-22,24-28,30-32H,8H2,1H3/t9?,18?,20-,21+,22?,24-/m1/s1. The van der Waals surface area contributed by atoms with Crippen LogP contribution in [0.2, 0.25) is 0 Å². The highest BCUT2D eigenvalue weighted by Gasteiger charge is 2.45. The van der Waals surface area contributed by atoms with Crippen molar-refractivity contribution >= 4 is 16.9 Å². The van der Waals surface area contributed by atoms with E-state index in [1.807, 2.05) is 0 Å². The largest absolute Gasteiger partial charge is 0.507 e. The van der Waals surface area contributed by atoms with Crippen LogP contribution in [0.15, 0.2) is 45.6 Å². The Morgan fingerprint density at radius 3 is 2.38 bits per heavy atom. The van der Waals surface area contributed by atoms with Crippen molar-refractivity contribution in [3.8, 4) is 34.3 Å². The van der Waals surface area contributed by atoms with Gasteiger partial charge in [0.2, 0.25) is 0 Å². The van der Waals surface area contributed by atoms with E-state index in [2.05, 4.69) is 0 Å². The molecule has 0 spiro atoms. The van der Waals surface area contributed by atoms with Crippen LogP contribution in [0.5, 0.6) is 23.0 Å². The molecular formula is C24H24O13. The number of aliphatic hydroxyl groups excluding tert-OH is 4. The highest BCUT2D eigenvalue weighted by Crippen LogP contribution is 2.34. The Hall–Kier alpha value is -3.72. The van der Waals surface area contributed by atoms with Gasteiger partial charge in [-0.25, -0.2) is 4.79 Å². The van der Waals surface area contributed by atoms with Gasteiger partial charge < -0.3 is 54.4 Å². The fourth-order valence-electron chi connectivity index (χ4n) is 3.76. The molecule has 1 fully saturated rings. The third kappa shape index (κ3) is 5.22. The van der Waals surface area contributed by atoms with Crippen molar-refractivity contribution in [3.05, 3.63) is 46.6 Å². The van der Waals surface area contributed by atoms with E-state index in [1.165, 1.54) is 31.2 Å². The van der Waals surface area contributed by atoms with Crippen LogP contribution in [0, 0.1) is 0 Å². The first-order valence-electron chi connectivity index (χ1n) is 11.0. The van der Waals surface area contributed by atoms with Gasteiger partial charge in [0.15, 0.2) is 29.3 Å². The van der Waals surface area contributed by atoms with Crippen molar-refractivity contribution in [3.63, 3.8) is 0 Å². The summed E-state index contributed by atoms with van der Waals surface area (Å²) in [5.74, 6) is -2.62. The molecule has 13 nitrogen and oxygen atoms in total. The third-order valence-electron chi connectivity index (χ3n) is 5.78. The molecule has 37 heavy (non-hydrogen) atoms. The lowest BCUT2D eigenvalue weighted by Crippen LogP contribution is -2.60. The number of aromatic hydroxyl groups is 3. The maximum absolute atomic E-state index is 12.6. The van der Waals surface area contributed by atoms with E-state index in [4.69, 9.17) is 18.6 Å². The lowest BCUT2D eigenvalue weighted by atomic mass is 9.99. The van der Waals surface area contributed by atoms with Crippen LogP contribution in [0.25, 0.3) is 22.3 Å². The number of rotatable bonds is 6. The van der Waals surface area contributed by atoms with E-state index in [9.17, 15) is 45.3 Å². The van der Waals surface area contributed by atoms with E-state index in [0.29, 0.717) is 0 Å². The molecule has 1 saturated heterocycles. The van der Waals surface area contributed by atoms with Crippen molar-refractivity contribution in [1.29, 1.82) is 0 Å². The Morgan fingerprint density at radius 1 is 0.973 bits per heavy atom. The minimum absolute atomic E-state index is 0.00463. The van der Waals surface area contributed by atoms with Gasteiger partial charge in [-0.3, -0.25) is 4.79 Å². The van der Waals surface area contributed by atoms with Crippen molar-refractivity contribution < 1.29 is 59.2 Å². The van der Waals surface area contributed by atoms with Gasteiger partial charge in [0.05, 0.1) is 6.61 Å². The Kier molecular flexibility index (Phi) is 7.36. The van der Waals surface area contributed by atoms with Crippen LogP contribution in [-0.4, -0.2) is 85.1 Å². The molecule has 1 aliphatic heterocycles. The topological polar surface area (TPSA) is 217 Å². The van der Waals surface area contributed by atoms with Crippen LogP contribution in [0.3, 0.4) is 0 Å². The summed E-state index contributed by atoms with van der Waals surface area (Å²) in [5, 5.41) is 68.4. The number of phenolic OH excluding ortho intramolecular Hbond substituents is 3. The zero-order valence-corrected chi connectivity index (χ0v) is 19.2. The SMILES string of the molecule is CC(O[C@@H]1OC(CO)[C@@H](O)[C@H](O)C1O)C(=O)Oc1cc(O)c2c(=O)cc(-c3ccc(O)c(O)c3)oc2c1. The number of carbonyl (C=O) groups is 1. The van der Waals surface area contributed by atoms with Crippen LogP contribution >= 0.6 is 0 Å². The van der Waals surface area contributed by atoms with Gasteiger partial charge >= 0.3 is 5.97 Å². The molecule has 6 atom stereocenters. The third-order valence-corrected chi connectivity index (χ3v) is 5.78. The number of fused-ring (bicyclic) bond motifs is 1. The van der Waals surface area contributed by atoms with Crippen molar-refractivity contribution in [2.45, 2.75) is 43.7 Å². The van der Waals surface area contributed by atoms with Gasteiger partial charge in [-0.2, -0.15) is 0 Å². The summed E-state index contributed by atoms with van der Waals surface area (Å²) in [5.41, 5.74) is -0.531. The summed E-state index contributed by atoms with van der Waals surface area (Å²) in [4.78, 5) is 25.2. The average molecular weight is 520 g/mol. The zero-order valence-electron chi connectivity index (χ0n) is 19.2. The minimum Gasteiger partial charge on any atom is -0.507 e. The molecule has 0 saturated carbocycles. The summed E-state index contributed by atoms with van der Waals surface area (Å²) < 4.78 is 21.4. The second kappa shape index (κ2) is 10.3. The maximum atomic E-state index is 12.6. The van der Waals surface area contributed by atoms with Gasteiger partial charge in [0.25, 0.3) is 0 Å². The maximum Gasteiger partial charge on any atom is 0.340 e. The van der Waals surface area contributed by atoms with E-state index >= 15 is 0 Å². The molecule has 3 aromatic rings. The second-order valence-corrected chi connectivity index (χ2v) is 8.39. The number of carbonyl (C=O) groups excluding carboxylic acids is 1. The Labute approximate surface area is 207 Å². The average Bonchev–Trinajstić information content (AvgIpc) is 2.85. The van der Waals surface area contributed by atoms with Crippen molar-refractivity contribution in [1.82, 2.24) is 0 Å². The number of phenols is 3. The number of hydrogen-bond acceptors (Lipinski definition) is 13. The smallest absolute Gasteiger partial charge is 0.340 e. The molecule has 1 aliphatic rings. The quantitative estimate of drug-likeness (QED) is 0.126. The Bertz CT molecular complexity index is 1360. The van der Waals surface area contributed by atoms with Crippen LogP contribution < -0.4 is 10.2 Å². The monoisotopic (exact) mass is 520 g/mol. The predicted molar refractivity (Wildman–Crippen MR) is 123 cm³/mol. The number of benzene rings is 2. The van der Waals surface area contributed by atoms with Gasteiger partial charge in [-0.1, -0.05) is 0 Å². The molecule has 4 rings (SSSR count). The number of hydrogen-bond donors (Lipinski definition) is 7. The molecule has 2 aromatic carbocycles. The van der Waals surface area contributed by atoms with Crippen LogP contribution in [0.1, 0.15) is 6.92 Å². The number of ether oxygens (including phenoxy) is 3. The predicted octanol–water partition coefficient (Wildman–Crippen LogP) is -0.313. The second-order valence-electron chi connectivity index (χ2n) is 8.39. The van der Waals surface area contributed by atoms with Crippen LogP contribution in [0.4, 0.5) is 0 Å². The number of esters is 1. The van der Waals surface area contributed by atoms with E-state index in [-0.39, 0.29) is 33.8 Å². The highest BCUT2D eigenvalue weighted by molar-refractivity contribution is 5.87. The molecule has 0 bridgehead atoms. The molecule has 198 valence electrons. The molecule has 0 radical (unpaired) electrons. The van der Waals surface area contributed by atoms with E-state index < -0.39 is 66.3 Å². The zero-order chi connectivity index (χ0) is 27.0. The first-order valence-corrected chi connectivity index (χ1v) is 11.0. The van der Waals surface area contributed by atoms with Gasteiger partial charge in [-0.05, 0) is 25.1 Å². The van der Waals surface area contributed by atoms with Crippen molar-refractivity contribution in [2.75, 3.05) is 6.61 Å². The Balaban J connectivity index is 1.56. The first kappa shape index (κ1) is 26.3. The Morgan fingerprint density at radius 2 is 1.70 bits per heavy atom. The summed E-state index contributed by atoms with van der Waals surface area (Å²) in [7, 11) is 0. The van der Waals surface area contributed by atoms with Crippen molar-refractivity contribution in [2.24, 2.45) is 0 Å². The minimum atomic E-state index is -1.73. The molecule has 13 heteroatoms. The molecule has 0 amide bonds. The van der Waals surface area contributed by atoms with E-state index in [1.54, 1.807) is 0 Å². The van der Waals surface area contributed by atoms with Gasteiger partial charge in [-0.15, -0.1) is 0 Å². The summed E-state index contributed by atoms with van der Waals surface area (Å²) in [6.07, 6.45) is -9.25. The summed E-state index contributed by atoms with van der Waals surface area (Å²) in [6.45, 7) is 0.567. The van der Waals surface area contributed by atoms with E-state index in [0.717, 1.165) is 12.1 Å². The normalized spacial score (nSPS) is 24.6. The lowest BCUT2D eigenvalue weighted by molar-refractivity contribution is -0.308. The highest BCUT2D eigenvalue weighted by atomic mass is 16.7. The first-order chi connectivity index (χ1) is 17.5. The molecule has 0 aliphatic carbocycles. The molecule has 1 aromatic heterocycles. The molecule has 3 unspecified atom stereocenters. The fraction of sp³-hybridized carbons (Fsp3) is 0.333. The summed E-state index contributed by atoms with van der Waals surface area (Å²) in [6, 6.07) is 7.00.